The van der Waals surface area contributed by atoms with Crippen molar-refractivity contribution in [2.45, 2.75) is 61.3 Å². The predicted molar refractivity (Wildman–Crippen MR) is 118 cm³/mol. The van der Waals surface area contributed by atoms with E-state index < -0.39 is 32.6 Å². The predicted octanol–water partition coefficient (Wildman–Crippen LogP) is 3.89. The van der Waals surface area contributed by atoms with Crippen LogP contribution < -0.4 is 9.47 Å². The lowest BCUT2D eigenvalue weighted by Gasteiger charge is -2.51. The molecule has 7 heteroatoms. The van der Waals surface area contributed by atoms with Crippen molar-refractivity contribution in [1.82, 2.24) is 4.90 Å². The van der Waals surface area contributed by atoms with Crippen molar-refractivity contribution in [3.8, 4) is 11.5 Å². The second-order valence-electron chi connectivity index (χ2n) is 9.63. The molecule has 2 bridgehead atoms. The van der Waals surface area contributed by atoms with Crippen LogP contribution in [-0.4, -0.2) is 44.4 Å². The molecule has 6 nitrogen and oxygen atoms in total. The average molecular weight is 444 g/mol. The molecule has 2 aliphatic heterocycles. The Bertz CT molecular complexity index is 1130. The normalized spacial score (nSPS) is 25.6. The number of piperidine rings is 1. The van der Waals surface area contributed by atoms with Gasteiger partial charge in [0, 0.05) is 24.9 Å². The number of amides is 1. The topological polar surface area (TPSA) is 72.9 Å². The second-order valence-corrected chi connectivity index (χ2v) is 11.7. The number of likely N-dealkylation sites (tertiary alicyclic amines) is 1. The third-order valence-electron chi connectivity index (χ3n) is 6.58. The molecule has 4 rings (SSSR count). The fourth-order valence-electron chi connectivity index (χ4n) is 4.54. The number of hydrogen-bond acceptors (Lipinski definition) is 5. The number of benzene rings is 2. The summed E-state index contributed by atoms with van der Waals surface area (Å²) < 4.78 is 39.0. The first kappa shape index (κ1) is 21.7. The van der Waals surface area contributed by atoms with E-state index in [1.54, 1.807) is 44.5 Å². The molecule has 0 radical (unpaired) electrons. The van der Waals surface area contributed by atoms with Crippen molar-refractivity contribution in [3.63, 3.8) is 0 Å². The molecule has 2 aromatic rings. The third kappa shape index (κ3) is 3.39. The van der Waals surface area contributed by atoms with Gasteiger partial charge >= 0.3 is 0 Å². The van der Waals surface area contributed by atoms with E-state index in [4.69, 9.17) is 9.47 Å². The van der Waals surface area contributed by atoms with Crippen molar-refractivity contribution in [1.29, 1.82) is 0 Å². The van der Waals surface area contributed by atoms with Crippen LogP contribution in [0.15, 0.2) is 47.4 Å². The summed E-state index contributed by atoms with van der Waals surface area (Å²) in [5, 5.41) is -1.22. The Labute approximate surface area is 184 Å². The van der Waals surface area contributed by atoms with Crippen LogP contribution in [0.5, 0.6) is 11.5 Å². The van der Waals surface area contributed by atoms with Gasteiger partial charge in [0.2, 0.25) is 5.91 Å². The molecule has 166 valence electrons. The highest BCUT2D eigenvalue weighted by Gasteiger charge is 2.57. The molecule has 1 fully saturated rings. The summed E-state index contributed by atoms with van der Waals surface area (Å²) >= 11 is 0. The minimum absolute atomic E-state index is 0.0960. The molecule has 2 aromatic carbocycles. The van der Waals surface area contributed by atoms with Gasteiger partial charge in [-0.1, -0.05) is 32.9 Å². The first-order valence-electron chi connectivity index (χ1n) is 10.4. The number of methoxy groups -OCH3 is 1. The number of carbonyl (C=O) groups excluding carboxylic acids is 1. The molecule has 3 atom stereocenters. The highest BCUT2D eigenvalue weighted by molar-refractivity contribution is 7.92. The molecule has 0 spiro atoms. The van der Waals surface area contributed by atoms with E-state index in [1.807, 2.05) is 19.1 Å². The number of fused-ring (bicyclic) bond motifs is 4. The molecule has 1 saturated heterocycles. The molecule has 31 heavy (non-hydrogen) atoms. The number of ether oxygens (including phenoxy) is 2. The molecular weight excluding hydrogens is 414 g/mol. The van der Waals surface area contributed by atoms with Gasteiger partial charge in [0.15, 0.2) is 20.8 Å². The molecule has 2 aliphatic rings. The van der Waals surface area contributed by atoms with Crippen molar-refractivity contribution >= 4 is 15.7 Å². The summed E-state index contributed by atoms with van der Waals surface area (Å²) in [5.74, 6) is 0.206. The average Bonchev–Trinajstić information content (AvgIpc) is 2.71. The second kappa shape index (κ2) is 6.99. The largest absolute Gasteiger partial charge is 0.497 e. The minimum Gasteiger partial charge on any atom is -0.497 e. The quantitative estimate of drug-likeness (QED) is 0.720. The minimum atomic E-state index is -3.93. The highest BCUT2D eigenvalue weighted by Crippen LogP contribution is 2.50. The van der Waals surface area contributed by atoms with Gasteiger partial charge in [-0.15, -0.1) is 0 Å². The Kier molecular flexibility index (Phi) is 4.89. The van der Waals surface area contributed by atoms with Crippen LogP contribution in [0.2, 0.25) is 0 Å². The smallest absolute Gasteiger partial charge is 0.244 e. The zero-order valence-electron chi connectivity index (χ0n) is 18.8. The van der Waals surface area contributed by atoms with Gasteiger partial charge < -0.3 is 14.4 Å². The Balaban J connectivity index is 1.84. The Morgan fingerprint density at radius 1 is 1.13 bits per heavy atom. The highest BCUT2D eigenvalue weighted by atomic mass is 32.2. The first-order chi connectivity index (χ1) is 14.4. The molecule has 1 amide bonds. The van der Waals surface area contributed by atoms with Gasteiger partial charge in [-0.05, 0) is 48.2 Å². The van der Waals surface area contributed by atoms with E-state index in [0.717, 1.165) is 5.56 Å². The van der Waals surface area contributed by atoms with Crippen molar-refractivity contribution < 1.29 is 22.7 Å². The molecule has 0 saturated carbocycles. The Morgan fingerprint density at radius 2 is 1.77 bits per heavy atom. The molecule has 2 heterocycles. The lowest BCUT2D eigenvalue weighted by Crippen LogP contribution is -2.64. The van der Waals surface area contributed by atoms with Gasteiger partial charge in [-0.2, -0.15) is 0 Å². The van der Waals surface area contributed by atoms with Gasteiger partial charge in [0.1, 0.15) is 11.5 Å². The van der Waals surface area contributed by atoms with E-state index in [1.165, 1.54) is 4.90 Å². The van der Waals surface area contributed by atoms with Crippen LogP contribution in [0.4, 0.5) is 0 Å². The standard InChI is InChI=1S/C24H29NO5S/c1-23(2,3)15-7-10-17(11-8-15)31(27,28)21-19-14-24(4,25(5)22(21)26)30-20-12-9-16(29-6)13-18(19)20/h7-13,19,21H,14H2,1-6H3/t19-,21-,24-/m0/s1. The van der Waals surface area contributed by atoms with Crippen LogP contribution >= 0.6 is 0 Å². The molecule has 0 aliphatic carbocycles. The Hall–Kier alpha value is -2.54. The van der Waals surface area contributed by atoms with Crippen LogP contribution in [0.25, 0.3) is 0 Å². The number of sulfone groups is 1. The maximum atomic E-state index is 13.8. The number of nitrogens with zero attached hydrogens (tertiary/aromatic N) is 1. The third-order valence-corrected chi connectivity index (χ3v) is 8.71. The van der Waals surface area contributed by atoms with Gasteiger partial charge in [-0.3, -0.25) is 4.79 Å². The van der Waals surface area contributed by atoms with Gasteiger partial charge in [0.25, 0.3) is 0 Å². The van der Waals surface area contributed by atoms with E-state index in [-0.39, 0.29) is 10.3 Å². The van der Waals surface area contributed by atoms with Crippen molar-refractivity contribution in [3.05, 3.63) is 53.6 Å². The SMILES string of the molecule is COc1ccc2c(c1)[C@@H]1C[C@](C)(O2)N(C)C(=O)[C@H]1S(=O)(=O)c1ccc(C(C)(C)C)cc1. The summed E-state index contributed by atoms with van der Waals surface area (Å²) in [6, 6.07) is 12.2. The van der Waals surface area contributed by atoms with E-state index in [0.29, 0.717) is 23.5 Å². The summed E-state index contributed by atoms with van der Waals surface area (Å²) in [4.78, 5) is 15.0. The monoisotopic (exact) mass is 443 g/mol. The zero-order valence-corrected chi connectivity index (χ0v) is 19.6. The summed E-state index contributed by atoms with van der Waals surface area (Å²) in [6.45, 7) is 8.04. The lowest BCUT2D eigenvalue weighted by molar-refractivity contribution is -0.159. The van der Waals surface area contributed by atoms with E-state index >= 15 is 0 Å². The maximum absolute atomic E-state index is 13.8. The van der Waals surface area contributed by atoms with E-state index in [9.17, 15) is 13.2 Å². The van der Waals surface area contributed by atoms with Crippen LogP contribution in [-0.2, 0) is 20.0 Å². The summed E-state index contributed by atoms with van der Waals surface area (Å²) in [6.07, 6.45) is 0.388. The summed E-state index contributed by atoms with van der Waals surface area (Å²) in [7, 11) is -0.769. The Morgan fingerprint density at radius 3 is 2.35 bits per heavy atom. The first-order valence-corrected chi connectivity index (χ1v) is 11.9. The van der Waals surface area contributed by atoms with Crippen LogP contribution in [0.1, 0.15) is 51.2 Å². The number of rotatable bonds is 3. The zero-order chi connectivity index (χ0) is 22.8. The molecular formula is C24H29NO5S. The molecule has 0 aromatic heterocycles. The fraction of sp³-hybridized carbons (Fsp3) is 0.458. The van der Waals surface area contributed by atoms with Crippen LogP contribution in [0.3, 0.4) is 0 Å². The van der Waals surface area contributed by atoms with E-state index in [2.05, 4.69) is 20.8 Å². The lowest BCUT2D eigenvalue weighted by atomic mass is 9.80. The van der Waals surface area contributed by atoms with Gasteiger partial charge in [-0.25, -0.2) is 8.42 Å². The molecule has 0 unspecified atom stereocenters. The fourth-order valence-corrected chi connectivity index (χ4v) is 6.45. The molecule has 0 N–H and O–H groups in total. The van der Waals surface area contributed by atoms with Crippen LogP contribution in [0, 0.1) is 0 Å². The maximum Gasteiger partial charge on any atom is 0.244 e. The number of carbonyl (C=O) groups is 1. The summed E-state index contributed by atoms with van der Waals surface area (Å²) in [5.41, 5.74) is 0.734. The van der Waals surface area contributed by atoms with Gasteiger partial charge in [0.05, 0.1) is 12.0 Å². The van der Waals surface area contributed by atoms with Crippen molar-refractivity contribution in [2.24, 2.45) is 0 Å². The van der Waals surface area contributed by atoms with Crippen molar-refractivity contribution in [2.75, 3.05) is 14.2 Å². The number of hydrogen-bond donors (Lipinski definition) is 0.